The lowest BCUT2D eigenvalue weighted by Crippen LogP contribution is -2.47. The normalized spacial score (nSPS) is 15.0. The number of rotatable bonds is 9. The van der Waals surface area contributed by atoms with Crippen molar-refractivity contribution in [2.24, 2.45) is 0 Å². The molecule has 1 unspecified atom stereocenters. The summed E-state index contributed by atoms with van der Waals surface area (Å²) in [5, 5.41) is 16.1. The van der Waals surface area contributed by atoms with Gasteiger partial charge in [0.05, 0.1) is 5.52 Å². The molecule has 2 aromatic rings. The fraction of sp³-hybridized carbons (Fsp3) is 0.526. The van der Waals surface area contributed by atoms with E-state index >= 15 is 0 Å². The number of fused-ring (bicyclic) bond motifs is 1. The molecule has 0 aromatic carbocycles. The number of hydrogen-bond donors (Lipinski definition) is 4. The Bertz CT molecular complexity index is 761. The Labute approximate surface area is 155 Å². The minimum atomic E-state index is -0.598. The van der Waals surface area contributed by atoms with Crippen LogP contribution in [0.1, 0.15) is 52.0 Å². The molecule has 0 aliphatic rings. The van der Waals surface area contributed by atoms with Crippen molar-refractivity contribution in [2.75, 3.05) is 17.6 Å². The summed E-state index contributed by atoms with van der Waals surface area (Å²) < 4.78 is 0. The highest BCUT2D eigenvalue weighted by Gasteiger charge is 2.26. The number of aliphatic hydroxyl groups is 1. The van der Waals surface area contributed by atoms with E-state index in [-0.39, 0.29) is 11.5 Å². The number of nitrogens with one attached hydrogen (secondary N) is 2. The average Bonchev–Trinajstić information content (AvgIpc) is 2.57. The Morgan fingerprint density at radius 1 is 1.35 bits per heavy atom. The number of pyridine rings is 1. The Morgan fingerprint density at radius 3 is 2.69 bits per heavy atom. The van der Waals surface area contributed by atoms with Crippen molar-refractivity contribution in [3.05, 3.63) is 30.5 Å². The second kappa shape index (κ2) is 8.42. The van der Waals surface area contributed by atoms with Gasteiger partial charge in [-0.25, -0.2) is 4.98 Å². The standard InChI is InChI=1S/C19H30N6O/c1-6-7-8-19(5,11-22-13(4)26)25-17-16-15(23-18(20)24-17)9-14(10-21-16)12(2)3/h6,9-10,12-13,22,26H,1,7-8,11H2,2-5H3,(H3,20,23,24,25)/t13?,19-/m1/s1. The summed E-state index contributed by atoms with van der Waals surface area (Å²) in [6.45, 7) is 12.3. The van der Waals surface area contributed by atoms with Gasteiger partial charge >= 0.3 is 0 Å². The molecule has 0 saturated carbocycles. The van der Waals surface area contributed by atoms with Crippen molar-refractivity contribution in [1.82, 2.24) is 20.3 Å². The summed E-state index contributed by atoms with van der Waals surface area (Å²) in [7, 11) is 0. The molecule has 2 heterocycles. The minimum absolute atomic E-state index is 0.206. The summed E-state index contributed by atoms with van der Waals surface area (Å²) in [6.07, 6.45) is 4.77. The smallest absolute Gasteiger partial charge is 0.222 e. The lowest BCUT2D eigenvalue weighted by molar-refractivity contribution is 0.148. The number of nitrogen functional groups attached to an aromatic ring is 1. The van der Waals surface area contributed by atoms with E-state index in [0.717, 1.165) is 23.9 Å². The molecule has 0 spiro atoms. The molecule has 26 heavy (non-hydrogen) atoms. The van der Waals surface area contributed by atoms with E-state index in [2.05, 4.69) is 52.9 Å². The summed E-state index contributed by atoms with van der Waals surface area (Å²) in [4.78, 5) is 13.3. The second-order valence-corrected chi connectivity index (χ2v) is 7.29. The van der Waals surface area contributed by atoms with Gasteiger partial charge in [0.2, 0.25) is 5.95 Å². The van der Waals surface area contributed by atoms with Crippen molar-refractivity contribution in [1.29, 1.82) is 0 Å². The molecular weight excluding hydrogens is 328 g/mol. The topological polar surface area (TPSA) is 109 Å². The van der Waals surface area contributed by atoms with Crippen molar-refractivity contribution >= 4 is 22.8 Å². The third kappa shape index (κ3) is 5.12. The first-order valence-corrected chi connectivity index (χ1v) is 8.98. The van der Waals surface area contributed by atoms with Crippen LogP contribution < -0.4 is 16.4 Å². The molecule has 142 valence electrons. The van der Waals surface area contributed by atoms with Gasteiger partial charge in [-0.1, -0.05) is 19.9 Å². The third-order valence-electron chi connectivity index (χ3n) is 4.35. The van der Waals surface area contributed by atoms with E-state index in [1.165, 1.54) is 0 Å². The first-order valence-electron chi connectivity index (χ1n) is 8.98. The maximum atomic E-state index is 9.59. The molecule has 2 atom stereocenters. The summed E-state index contributed by atoms with van der Waals surface area (Å²) in [6, 6.07) is 2.01. The van der Waals surface area contributed by atoms with Gasteiger partial charge in [-0.05, 0) is 44.2 Å². The molecule has 2 aromatic heterocycles. The van der Waals surface area contributed by atoms with Gasteiger partial charge in [0.15, 0.2) is 5.82 Å². The molecule has 0 aliphatic carbocycles. The number of aliphatic hydroxyl groups excluding tert-OH is 1. The number of hydrogen-bond acceptors (Lipinski definition) is 7. The molecule has 7 heteroatoms. The van der Waals surface area contributed by atoms with E-state index in [0.29, 0.717) is 23.8 Å². The van der Waals surface area contributed by atoms with Crippen molar-refractivity contribution in [3.63, 3.8) is 0 Å². The third-order valence-corrected chi connectivity index (χ3v) is 4.35. The van der Waals surface area contributed by atoms with Crippen LogP contribution in [0.2, 0.25) is 0 Å². The van der Waals surface area contributed by atoms with Gasteiger partial charge in [-0.3, -0.25) is 10.3 Å². The molecule has 2 rings (SSSR count). The molecule has 0 aliphatic heterocycles. The molecule has 5 N–H and O–H groups in total. The van der Waals surface area contributed by atoms with Gasteiger partial charge < -0.3 is 16.2 Å². The quantitative estimate of drug-likeness (QED) is 0.403. The van der Waals surface area contributed by atoms with E-state index < -0.39 is 6.23 Å². The highest BCUT2D eigenvalue weighted by molar-refractivity contribution is 5.86. The molecular formula is C19H30N6O. The van der Waals surface area contributed by atoms with Crippen LogP contribution in [0.15, 0.2) is 24.9 Å². The number of aromatic nitrogens is 3. The predicted octanol–water partition coefficient (Wildman–Crippen LogP) is 2.80. The largest absolute Gasteiger partial charge is 0.379 e. The first kappa shape index (κ1) is 20.1. The number of nitrogens with two attached hydrogens (primary N) is 1. The van der Waals surface area contributed by atoms with Crippen LogP contribution in [0.25, 0.3) is 11.0 Å². The predicted molar refractivity (Wildman–Crippen MR) is 107 cm³/mol. The lowest BCUT2D eigenvalue weighted by atomic mass is 9.95. The van der Waals surface area contributed by atoms with Crippen LogP contribution in [0, 0.1) is 0 Å². The van der Waals surface area contributed by atoms with Gasteiger partial charge in [-0.2, -0.15) is 4.98 Å². The Kier molecular flexibility index (Phi) is 6.50. The maximum absolute atomic E-state index is 9.59. The van der Waals surface area contributed by atoms with Crippen LogP contribution in [-0.4, -0.2) is 38.4 Å². The Balaban J connectivity index is 2.40. The highest BCUT2D eigenvalue weighted by Crippen LogP contribution is 2.26. The van der Waals surface area contributed by atoms with Gasteiger partial charge in [-0.15, -0.1) is 6.58 Å². The molecule has 0 radical (unpaired) electrons. The maximum Gasteiger partial charge on any atom is 0.222 e. The highest BCUT2D eigenvalue weighted by atomic mass is 16.3. The number of nitrogens with zero attached hydrogens (tertiary/aromatic N) is 3. The zero-order chi connectivity index (χ0) is 19.3. The van der Waals surface area contributed by atoms with Gasteiger partial charge in [0, 0.05) is 18.3 Å². The van der Waals surface area contributed by atoms with Crippen LogP contribution in [-0.2, 0) is 0 Å². The van der Waals surface area contributed by atoms with E-state index in [1.807, 2.05) is 18.3 Å². The first-order chi connectivity index (χ1) is 12.2. The lowest BCUT2D eigenvalue weighted by Gasteiger charge is -2.32. The van der Waals surface area contributed by atoms with Gasteiger partial charge in [0.25, 0.3) is 0 Å². The van der Waals surface area contributed by atoms with Gasteiger partial charge in [0.1, 0.15) is 11.7 Å². The molecule has 0 amide bonds. The molecule has 7 nitrogen and oxygen atoms in total. The fourth-order valence-electron chi connectivity index (χ4n) is 2.73. The zero-order valence-corrected chi connectivity index (χ0v) is 16.1. The Hall–Kier alpha value is -2.25. The zero-order valence-electron chi connectivity index (χ0n) is 16.1. The van der Waals surface area contributed by atoms with Crippen LogP contribution in [0.5, 0.6) is 0 Å². The van der Waals surface area contributed by atoms with Crippen LogP contribution in [0.4, 0.5) is 11.8 Å². The molecule has 0 bridgehead atoms. The fourth-order valence-corrected chi connectivity index (χ4v) is 2.73. The molecule has 0 saturated heterocycles. The molecule has 0 fully saturated rings. The number of anilines is 2. The monoisotopic (exact) mass is 358 g/mol. The van der Waals surface area contributed by atoms with Crippen molar-refractivity contribution in [2.45, 2.75) is 58.2 Å². The van der Waals surface area contributed by atoms with Crippen molar-refractivity contribution in [3.8, 4) is 0 Å². The van der Waals surface area contributed by atoms with E-state index in [9.17, 15) is 5.11 Å². The van der Waals surface area contributed by atoms with E-state index in [4.69, 9.17) is 5.73 Å². The van der Waals surface area contributed by atoms with Crippen molar-refractivity contribution < 1.29 is 5.11 Å². The second-order valence-electron chi connectivity index (χ2n) is 7.29. The summed E-state index contributed by atoms with van der Waals surface area (Å²) >= 11 is 0. The average molecular weight is 358 g/mol. The van der Waals surface area contributed by atoms with Crippen LogP contribution in [0.3, 0.4) is 0 Å². The Morgan fingerprint density at radius 2 is 2.08 bits per heavy atom. The van der Waals surface area contributed by atoms with Crippen LogP contribution >= 0.6 is 0 Å². The number of allylic oxidation sites excluding steroid dienone is 1. The SMILES string of the molecule is C=CCC[C@](C)(CNC(C)O)Nc1nc(N)nc2cc(C(C)C)cnc12. The summed E-state index contributed by atoms with van der Waals surface area (Å²) in [5.74, 6) is 1.16. The van der Waals surface area contributed by atoms with E-state index in [1.54, 1.807) is 6.92 Å². The minimum Gasteiger partial charge on any atom is -0.379 e. The summed E-state index contributed by atoms with van der Waals surface area (Å²) in [5.41, 5.74) is 8.08.